The molecule has 4 rings (SSSR count). The van der Waals surface area contributed by atoms with Gasteiger partial charge in [0, 0.05) is 24.7 Å². The smallest absolute Gasteiger partial charge is 0.315 e. The van der Waals surface area contributed by atoms with Crippen LogP contribution in [0, 0.1) is 13.8 Å². The van der Waals surface area contributed by atoms with E-state index in [-0.39, 0.29) is 6.03 Å². The van der Waals surface area contributed by atoms with Gasteiger partial charge in [-0.25, -0.2) is 4.79 Å². The molecular formula is C22H32N6O. The fraction of sp³-hybridized carbons (Fsp3) is 0.591. The third-order valence-electron chi connectivity index (χ3n) is 6.41. The van der Waals surface area contributed by atoms with Crippen LogP contribution in [0.15, 0.2) is 18.2 Å². The second-order valence-corrected chi connectivity index (χ2v) is 8.34. The Morgan fingerprint density at radius 1 is 1.14 bits per heavy atom. The second-order valence-electron chi connectivity index (χ2n) is 8.34. The Hall–Kier alpha value is -2.41. The van der Waals surface area contributed by atoms with E-state index in [2.05, 4.69) is 44.9 Å². The van der Waals surface area contributed by atoms with E-state index in [0.29, 0.717) is 19.0 Å². The molecule has 1 saturated heterocycles. The van der Waals surface area contributed by atoms with Crippen LogP contribution in [0.4, 0.5) is 10.5 Å². The van der Waals surface area contributed by atoms with E-state index in [1.54, 1.807) is 0 Å². The van der Waals surface area contributed by atoms with Gasteiger partial charge in [0.15, 0.2) is 5.82 Å². The molecule has 2 amide bonds. The fourth-order valence-electron chi connectivity index (χ4n) is 4.47. The van der Waals surface area contributed by atoms with Crippen LogP contribution in [0.3, 0.4) is 0 Å². The highest BCUT2D eigenvalue weighted by Crippen LogP contribution is 2.29. The average molecular weight is 397 g/mol. The molecule has 0 saturated carbocycles. The van der Waals surface area contributed by atoms with Crippen LogP contribution in [0.2, 0.25) is 0 Å². The van der Waals surface area contributed by atoms with Crippen molar-refractivity contribution in [1.82, 2.24) is 24.6 Å². The predicted molar refractivity (Wildman–Crippen MR) is 114 cm³/mol. The normalized spacial score (nSPS) is 18.0. The van der Waals surface area contributed by atoms with Gasteiger partial charge in [-0.2, -0.15) is 0 Å². The van der Waals surface area contributed by atoms with Gasteiger partial charge in [-0.15, -0.1) is 10.2 Å². The van der Waals surface area contributed by atoms with Crippen molar-refractivity contribution in [3.8, 4) is 0 Å². The number of hydrogen-bond donors (Lipinski definition) is 1. The number of nitrogens with one attached hydrogen (secondary N) is 1. The molecule has 1 aromatic carbocycles. The van der Waals surface area contributed by atoms with Crippen LogP contribution in [0.25, 0.3) is 0 Å². The highest BCUT2D eigenvalue weighted by molar-refractivity contribution is 5.90. The maximum Gasteiger partial charge on any atom is 0.322 e. The molecule has 3 heterocycles. The number of anilines is 1. The van der Waals surface area contributed by atoms with E-state index in [9.17, 15) is 4.79 Å². The van der Waals surface area contributed by atoms with Gasteiger partial charge in [0.2, 0.25) is 0 Å². The molecular weight excluding hydrogens is 364 g/mol. The van der Waals surface area contributed by atoms with Gasteiger partial charge in [-0.05, 0) is 69.9 Å². The number of carbonyl (C=O) groups excluding carboxylic acids is 1. The van der Waals surface area contributed by atoms with E-state index in [1.807, 2.05) is 24.0 Å². The van der Waals surface area contributed by atoms with E-state index >= 15 is 0 Å². The second kappa shape index (κ2) is 8.53. The SMILES string of the molecule is CCCN1CCC(c2nnc3n2CCN(C(=O)Nc2cccc(C)c2C)C3)CC1. The van der Waals surface area contributed by atoms with Crippen LogP contribution in [-0.4, -0.2) is 56.8 Å². The molecule has 29 heavy (non-hydrogen) atoms. The first-order valence-electron chi connectivity index (χ1n) is 10.8. The summed E-state index contributed by atoms with van der Waals surface area (Å²) in [5.41, 5.74) is 3.16. The molecule has 1 fully saturated rings. The molecule has 0 unspecified atom stereocenters. The highest BCUT2D eigenvalue weighted by Gasteiger charge is 2.29. The molecule has 0 atom stereocenters. The number of benzene rings is 1. The number of nitrogens with zero attached hydrogens (tertiary/aromatic N) is 5. The maximum atomic E-state index is 12.8. The molecule has 0 aliphatic carbocycles. The number of amides is 2. The fourth-order valence-corrected chi connectivity index (χ4v) is 4.47. The zero-order chi connectivity index (χ0) is 20.4. The third-order valence-corrected chi connectivity index (χ3v) is 6.41. The summed E-state index contributed by atoms with van der Waals surface area (Å²) in [6.07, 6.45) is 3.51. The van der Waals surface area contributed by atoms with Gasteiger partial charge in [-0.3, -0.25) is 0 Å². The van der Waals surface area contributed by atoms with Crippen LogP contribution in [-0.2, 0) is 13.1 Å². The summed E-state index contributed by atoms with van der Waals surface area (Å²) in [5.74, 6) is 2.50. The van der Waals surface area contributed by atoms with Crippen molar-refractivity contribution >= 4 is 11.7 Å². The van der Waals surface area contributed by atoms with Gasteiger partial charge in [-0.1, -0.05) is 19.1 Å². The van der Waals surface area contributed by atoms with E-state index < -0.39 is 0 Å². The van der Waals surface area contributed by atoms with Gasteiger partial charge < -0.3 is 19.7 Å². The van der Waals surface area contributed by atoms with Crippen molar-refractivity contribution in [2.45, 2.75) is 59.0 Å². The third kappa shape index (κ3) is 4.15. The summed E-state index contributed by atoms with van der Waals surface area (Å²) in [7, 11) is 0. The van der Waals surface area contributed by atoms with Crippen LogP contribution in [0.5, 0.6) is 0 Å². The Labute approximate surface area is 173 Å². The van der Waals surface area contributed by atoms with Crippen molar-refractivity contribution in [2.75, 3.05) is 31.5 Å². The minimum absolute atomic E-state index is 0.0672. The molecule has 1 N–H and O–H groups in total. The number of fused-ring (bicyclic) bond motifs is 1. The Balaban J connectivity index is 1.40. The zero-order valence-electron chi connectivity index (χ0n) is 17.8. The lowest BCUT2D eigenvalue weighted by atomic mass is 9.95. The Bertz CT molecular complexity index is 868. The maximum absolute atomic E-state index is 12.8. The van der Waals surface area contributed by atoms with Crippen molar-refractivity contribution in [3.05, 3.63) is 41.0 Å². The van der Waals surface area contributed by atoms with Crippen molar-refractivity contribution < 1.29 is 4.79 Å². The topological polar surface area (TPSA) is 66.3 Å². The van der Waals surface area contributed by atoms with Crippen LogP contribution >= 0.6 is 0 Å². The minimum atomic E-state index is -0.0672. The van der Waals surface area contributed by atoms with Gasteiger partial charge >= 0.3 is 6.03 Å². The predicted octanol–water partition coefficient (Wildman–Crippen LogP) is 3.53. The van der Waals surface area contributed by atoms with Crippen molar-refractivity contribution in [3.63, 3.8) is 0 Å². The Morgan fingerprint density at radius 2 is 1.93 bits per heavy atom. The molecule has 156 valence electrons. The number of aryl methyl sites for hydroxylation is 1. The number of rotatable bonds is 4. The number of hydrogen-bond acceptors (Lipinski definition) is 4. The number of carbonyl (C=O) groups is 1. The van der Waals surface area contributed by atoms with Crippen LogP contribution in [0.1, 0.15) is 54.9 Å². The summed E-state index contributed by atoms with van der Waals surface area (Å²) >= 11 is 0. The van der Waals surface area contributed by atoms with Gasteiger partial charge in [0.05, 0.1) is 6.54 Å². The lowest BCUT2D eigenvalue weighted by Gasteiger charge is -2.33. The van der Waals surface area contributed by atoms with E-state index in [1.165, 1.54) is 18.5 Å². The van der Waals surface area contributed by atoms with E-state index in [0.717, 1.165) is 55.4 Å². The molecule has 7 heteroatoms. The standard InChI is InChI=1S/C22H32N6O/c1-4-10-26-11-8-18(9-12-26)21-25-24-20-15-27(13-14-28(20)21)22(29)23-19-7-5-6-16(2)17(19)3/h5-7,18H,4,8-15H2,1-3H3,(H,23,29). The van der Waals surface area contributed by atoms with Gasteiger partial charge in [0.25, 0.3) is 0 Å². The first-order chi connectivity index (χ1) is 14.1. The van der Waals surface area contributed by atoms with Gasteiger partial charge in [0.1, 0.15) is 5.82 Å². The molecule has 2 aromatic rings. The lowest BCUT2D eigenvalue weighted by molar-refractivity contribution is 0.190. The minimum Gasteiger partial charge on any atom is -0.315 e. The quantitative estimate of drug-likeness (QED) is 0.859. The summed E-state index contributed by atoms with van der Waals surface area (Å²) in [6, 6.07) is 5.92. The largest absolute Gasteiger partial charge is 0.322 e. The summed E-state index contributed by atoms with van der Waals surface area (Å²) in [4.78, 5) is 17.2. The molecule has 2 aliphatic rings. The monoisotopic (exact) mass is 396 g/mol. The number of aromatic nitrogens is 3. The lowest BCUT2D eigenvalue weighted by Crippen LogP contribution is -2.41. The zero-order valence-corrected chi connectivity index (χ0v) is 17.8. The summed E-state index contributed by atoms with van der Waals surface area (Å²) in [6.45, 7) is 11.8. The first kappa shape index (κ1) is 19.9. The van der Waals surface area contributed by atoms with Crippen molar-refractivity contribution in [1.29, 1.82) is 0 Å². The van der Waals surface area contributed by atoms with E-state index in [4.69, 9.17) is 0 Å². The molecule has 0 spiro atoms. The van der Waals surface area contributed by atoms with Crippen LogP contribution < -0.4 is 5.32 Å². The average Bonchev–Trinajstić information content (AvgIpc) is 3.15. The molecule has 0 radical (unpaired) electrons. The highest BCUT2D eigenvalue weighted by atomic mass is 16.2. The molecule has 1 aromatic heterocycles. The molecule has 2 aliphatic heterocycles. The molecule has 0 bridgehead atoms. The van der Waals surface area contributed by atoms with Crippen molar-refractivity contribution in [2.24, 2.45) is 0 Å². The number of urea groups is 1. The number of likely N-dealkylation sites (tertiary alicyclic amines) is 1. The summed E-state index contributed by atoms with van der Waals surface area (Å²) < 4.78 is 2.25. The summed E-state index contributed by atoms with van der Waals surface area (Å²) in [5, 5.41) is 12.0. The Morgan fingerprint density at radius 3 is 2.69 bits per heavy atom. The first-order valence-corrected chi connectivity index (χ1v) is 10.8. The molecule has 7 nitrogen and oxygen atoms in total. The number of piperidine rings is 1. The Kier molecular flexibility index (Phi) is 5.85.